The molecule has 1 unspecified atom stereocenters. The molecule has 1 aromatic rings. The van der Waals surface area contributed by atoms with Gasteiger partial charge in [-0.1, -0.05) is 23.8 Å². The number of rotatable bonds is 4. The maximum atomic E-state index is 10.9. The van der Waals surface area contributed by atoms with Gasteiger partial charge in [-0.3, -0.25) is 9.69 Å². The summed E-state index contributed by atoms with van der Waals surface area (Å²) < 4.78 is 0. The average Bonchev–Trinajstić information content (AvgIpc) is 2.70. The molecular formula is C17H25NO2. The van der Waals surface area contributed by atoms with Gasteiger partial charge in [-0.15, -0.1) is 0 Å². The molecule has 1 aliphatic carbocycles. The molecule has 0 saturated heterocycles. The summed E-state index contributed by atoms with van der Waals surface area (Å²) >= 11 is 0. The Labute approximate surface area is 121 Å². The van der Waals surface area contributed by atoms with E-state index in [0.29, 0.717) is 12.6 Å². The van der Waals surface area contributed by atoms with Crippen LogP contribution in [-0.4, -0.2) is 28.1 Å². The lowest BCUT2D eigenvalue weighted by atomic mass is 9.97. The fraction of sp³-hybridized carbons (Fsp3) is 0.588. The van der Waals surface area contributed by atoms with Crippen LogP contribution in [0.5, 0.6) is 0 Å². The lowest BCUT2D eigenvalue weighted by molar-refractivity contribution is -0.137. The lowest BCUT2D eigenvalue weighted by Gasteiger charge is -2.40. The zero-order chi connectivity index (χ0) is 14.9. The molecule has 0 spiro atoms. The van der Waals surface area contributed by atoms with E-state index in [4.69, 9.17) is 5.11 Å². The minimum atomic E-state index is -0.721. The molecule has 20 heavy (non-hydrogen) atoms. The molecule has 0 heterocycles. The van der Waals surface area contributed by atoms with Gasteiger partial charge in [0.1, 0.15) is 0 Å². The molecule has 3 nitrogen and oxygen atoms in total. The van der Waals surface area contributed by atoms with Crippen molar-refractivity contribution in [1.29, 1.82) is 0 Å². The number of benzene rings is 1. The molecule has 1 aliphatic rings. The third kappa shape index (κ3) is 3.21. The normalized spacial score (nSPS) is 18.4. The van der Waals surface area contributed by atoms with Gasteiger partial charge in [0, 0.05) is 18.1 Å². The molecule has 110 valence electrons. The minimum Gasteiger partial charge on any atom is -0.481 e. The van der Waals surface area contributed by atoms with Crippen LogP contribution >= 0.6 is 0 Å². The molecule has 1 aromatic carbocycles. The summed E-state index contributed by atoms with van der Waals surface area (Å²) in [5.41, 5.74) is 4.07. The second-order valence-corrected chi connectivity index (χ2v) is 6.76. The Bertz CT molecular complexity index is 502. The van der Waals surface area contributed by atoms with E-state index in [1.165, 1.54) is 16.7 Å². The van der Waals surface area contributed by atoms with Crippen LogP contribution in [0.25, 0.3) is 0 Å². The monoisotopic (exact) mass is 275 g/mol. The number of nitrogens with zero attached hydrogens (tertiary/aromatic N) is 1. The number of carbonyl (C=O) groups is 1. The highest BCUT2D eigenvalue weighted by Crippen LogP contribution is 2.39. The molecule has 0 amide bonds. The van der Waals surface area contributed by atoms with E-state index in [1.807, 2.05) is 0 Å². The van der Waals surface area contributed by atoms with Crippen LogP contribution in [0.4, 0.5) is 0 Å². The molecule has 0 aromatic heterocycles. The highest BCUT2D eigenvalue weighted by molar-refractivity contribution is 5.66. The molecule has 0 bridgehead atoms. The molecule has 1 atom stereocenters. The fourth-order valence-corrected chi connectivity index (χ4v) is 3.20. The quantitative estimate of drug-likeness (QED) is 0.913. The zero-order valence-corrected chi connectivity index (χ0v) is 12.9. The van der Waals surface area contributed by atoms with E-state index in [9.17, 15) is 4.79 Å². The van der Waals surface area contributed by atoms with E-state index >= 15 is 0 Å². The summed E-state index contributed by atoms with van der Waals surface area (Å²) in [7, 11) is 0. The van der Waals surface area contributed by atoms with Crippen LogP contribution in [0.2, 0.25) is 0 Å². The largest absolute Gasteiger partial charge is 0.481 e. The van der Waals surface area contributed by atoms with Crippen molar-refractivity contribution in [2.24, 2.45) is 0 Å². The highest BCUT2D eigenvalue weighted by Gasteiger charge is 2.34. The van der Waals surface area contributed by atoms with Crippen LogP contribution in [0, 0.1) is 6.92 Å². The van der Waals surface area contributed by atoms with Crippen molar-refractivity contribution >= 4 is 5.97 Å². The fourth-order valence-electron chi connectivity index (χ4n) is 3.20. The summed E-state index contributed by atoms with van der Waals surface area (Å²) in [6.07, 6.45) is 2.39. The predicted molar refractivity (Wildman–Crippen MR) is 81.0 cm³/mol. The first-order valence-electron chi connectivity index (χ1n) is 7.37. The number of fused-ring (bicyclic) bond motifs is 1. The topological polar surface area (TPSA) is 40.5 Å². The Morgan fingerprint density at radius 1 is 1.40 bits per heavy atom. The molecular weight excluding hydrogens is 250 g/mol. The average molecular weight is 275 g/mol. The number of carboxylic acids is 1. The predicted octanol–water partition coefficient (Wildman–Crippen LogP) is 3.56. The number of hydrogen-bond donors (Lipinski definition) is 1. The number of carboxylic acid groups (broad SMARTS) is 1. The van der Waals surface area contributed by atoms with Gasteiger partial charge >= 0.3 is 5.97 Å². The van der Waals surface area contributed by atoms with E-state index in [2.05, 4.69) is 50.8 Å². The number of hydrogen-bond acceptors (Lipinski definition) is 2. The SMILES string of the molecule is Cc1ccc2c(c1)C(N(CCC(=O)O)C(C)(C)C)CC2. The van der Waals surface area contributed by atoms with Crippen LogP contribution < -0.4 is 0 Å². The molecule has 1 N–H and O–H groups in total. The summed E-state index contributed by atoms with van der Waals surface area (Å²) in [6, 6.07) is 7.01. The Morgan fingerprint density at radius 2 is 2.10 bits per heavy atom. The first kappa shape index (κ1) is 15.0. The standard InChI is InChI=1S/C17H25NO2/c1-12-5-6-13-7-8-15(14(13)11-12)18(17(2,3)4)10-9-16(19)20/h5-6,11,15H,7-10H2,1-4H3,(H,19,20). The highest BCUT2D eigenvalue weighted by atomic mass is 16.4. The van der Waals surface area contributed by atoms with E-state index in [1.54, 1.807) is 0 Å². The van der Waals surface area contributed by atoms with Gasteiger partial charge < -0.3 is 5.11 Å². The molecule has 0 fully saturated rings. The van der Waals surface area contributed by atoms with Crippen molar-refractivity contribution in [3.63, 3.8) is 0 Å². The third-order valence-corrected chi connectivity index (χ3v) is 4.15. The van der Waals surface area contributed by atoms with Gasteiger partial charge in [0.25, 0.3) is 0 Å². The Balaban J connectivity index is 2.28. The lowest BCUT2D eigenvalue weighted by Crippen LogP contribution is -2.44. The molecule has 0 radical (unpaired) electrons. The summed E-state index contributed by atoms with van der Waals surface area (Å²) in [4.78, 5) is 13.3. The van der Waals surface area contributed by atoms with E-state index in [0.717, 1.165) is 12.8 Å². The first-order valence-corrected chi connectivity index (χ1v) is 7.37. The first-order chi connectivity index (χ1) is 9.29. The third-order valence-electron chi connectivity index (χ3n) is 4.15. The minimum absolute atomic E-state index is 0.0223. The Kier molecular flexibility index (Phi) is 4.19. The van der Waals surface area contributed by atoms with Crippen LogP contribution in [-0.2, 0) is 11.2 Å². The maximum Gasteiger partial charge on any atom is 0.304 e. The molecule has 3 heteroatoms. The summed E-state index contributed by atoms with van der Waals surface area (Å²) in [6.45, 7) is 9.24. The maximum absolute atomic E-state index is 10.9. The van der Waals surface area contributed by atoms with Crippen molar-refractivity contribution in [2.75, 3.05) is 6.54 Å². The van der Waals surface area contributed by atoms with Crippen LogP contribution in [0.3, 0.4) is 0 Å². The smallest absolute Gasteiger partial charge is 0.304 e. The summed E-state index contributed by atoms with van der Waals surface area (Å²) in [5.74, 6) is -0.721. The molecule has 0 aliphatic heterocycles. The van der Waals surface area contributed by atoms with Crippen molar-refractivity contribution < 1.29 is 9.90 Å². The molecule has 2 rings (SSSR count). The van der Waals surface area contributed by atoms with Gasteiger partial charge in [0.05, 0.1) is 6.42 Å². The van der Waals surface area contributed by atoms with Crippen molar-refractivity contribution in [1.82, 2.24) is 4.90 Å². The second kappa shape index (κ2) is 5.57. The van der Waals surface area contributed by atoms with Gasteiger partial charge in [-0.05, 0) is 51.7 Å². The second-order valence-electron chi connectivity index (χ2n) is 6.76. The van der Waals surface area contributed by atoms with Crippen molar-refractivity contribution in [3.8, 4) is 0 Å². The number of aliphatic carboxylic acids is 1. The van der Waals surface area contributed by atoms with Gasteiger partial charge in [0.2, 0.25) is 0 Å². The Hall–Kier alpha value is -1.35. The van der Waals surface area contributed by atoms with E-state index < -0.39 is 5.97 Å². The van der Waals surface area contributed by atoms with E-state index in [-0.39, 0.29) is 12.0 Å². The van der Waals surface area contributed by atoms with Crippen LogP contribution in [0.15, 0.2) is 18.2 Å². The Morgan fingerprint density at radius 3 is 2.70 bits per heavy atom. The van der Waals surface area contributed by atoms with Crippen molar-refractivity contribution in [3.05, 3.63) is 34.9 Å². The number of aryl methyl sites for hydroxylation is 2. The van der Waals surface area contributed by atoms with Gasteiger partial charge in [0.15, 0.2) is 0 Å². The van der Waals surface area contributed by atoms with Crippen LogP contribution in [0.1, 0.15) is 56.3 Å². The zero-order valence-electron chi connectivity index (χ0n) is 12.9. The van der Waals surface area contributed by atoms with Gasteiger partial charge in [-0.25, -0.2) is 0 Å². The van der Waals surface area contributed by atoms with Gasteiger partial charge in [-0.2, -0.15) is 0 Å². The molecule has 0 saturated carbocycles. The summed E-state index contributed by atoms with van der Waals surface area (Å²) in [5, 5.41) is 8.98. The van der Waals surface area contributed by atoms with Crippen molar-refractivity contribution in [2.45, 2.75) is 58.5 Å².